The quantitative estimate of drug-likeness (QED) is 0.417. The average Bonchev–Trinajstić information content (AvgIpc) is 2.51. The third-order valence-corrected chi connectivity index (χ3v) is 3.66. The fraction of sp³-hybridized carbons (Fsp3) is 0.467. The van der Waals surface area contributed by atoms with Gasteiger partial charge in [0.1, 0.15) is 0 Å². The summed E-state index contributed by atoms with van der Waals surface area (Å²) in [6.07, 6.45) is 0.259. The van der Waals surface area contributed by atoms with Crippen molar-refractivity contribution in [2.24, 2.45) is 10.7 Å². The standard InChI is InChI=1S/C15H21ClN4O2.HI/c1-11-2-3-13(12(16)10-11)19-14(21)4-5-18-15(17)20-6-8-22-9-7-20;/h2-3,10H,4-9H2,1H3,(H2,17,18)(H,19,21);1H. The second kappa shape index (κ2) is 9.94. The van der Waals surface area contributed by atoms with E-state index in [1.807, 2.05) is 24.0 Å². The summed E-state index contributed by atoms with van der Waals surface area (Å²) in [5.41, 5.74) is 7.56. The van der Waals surface area contributed by atoms with Gasteiger partial charge in [-0.05, 0) is 24.6 Å². The molecule has 0 spiro atoms. The van der Waals surface area contributed by atoms with Gasteiger partial charge in [-0.1, -0.05) is 17.7 Å². The summed E-state index contributed by atoms with van der Waals surface area (Å²) < 4.78 is 5.25. The number of halogens is 2. The molecule has 8 heteroatoms. The van der Waals surface area contributed by atoms with Gasteiger partial charge in [-0.15, -0.1) is 24.0 Å². The minimum Gasteiger partial charge on any atom is -0.378 e. The highest BCUT2D eigenvalue weighted by Gasteiger charge is 2.12. The molecular formula is C15H22ClIN4O2. The minimum absolute atomic E-state index is 0. The highest BCUT2D eigenvalue weighted by Crippen LogP contribution is 2.22. The van der Waals surface area contributed by atoms with Crippen LogP contribution >= 0.6 is 35.6 Å². The lowest BCUT2D eigenvalue weighted by Crippen LogP contribution is -2.44. The summed E-state index contributed by atoms with van der Waals surface area (Å²) in [7, 11) is 0. The maximum Gasteiger partial charge on any atom is 0.226 e. The summed E-state index contributed by atoms with van der Waals surface area (Å²) >= 11 is 6.08. The number of nitrogens with two attached hydrogens (primary N) is 1. The van der Waals surface area contributed by atoms with Crippen LogP contribution in [0.25, 0.3) is 0 Å². The molecule has 1 aromatic rings. The Morgan fingerprint density at radius 2 is 2.13 bits per heavy atom. The number of aryl methyl sites for hydroxylation is 1. The van der Waals surface area contributed by atoms with Crippen molar-refractivity contribution in [3.8, 4) is 0 Å². The Morgan fingerprint density at radius 1 is 1.43 bits per heavy atom. The molecule has 1 aromatic carbocycles. The number of morpholine rings is 1. The molecule has 1 amide bonds. The van der Waals surface area contributed by atoms with Gasteiger partial charge in [-0.2, -0.15) is 0 Å². The molecule has 1 saturated heterocycles. The third kappa shape index (κ3) is 6.52. The van der Waals surface area contributed by atoms with Crippen molar-refractivity contribution >= 4 is 53.1 Å². The molecule has 0 atom stereocenters. The molecule has 1 fully saturated rings. The maximum atomic E-state index is 11.9. The summed E-state index contributed by atoms with van der Waals surface area (Å²) in [6.45, 7) is 5.07. The van der Waals surface area contributed by atoms with Gasteiger partial charge in [0.25, 0.3) is 0 Å². The Morgan fingerprint density at radius 3 is 2.78 bits per heavy atom. The van der Waals surface area contributed by atoms with E-state index in [4.69, 9.17) is 22.1 Å². The molecule has 0 bridgehead atoms. The van der Waals surface area contributed by atoms with Crippen molar-refractivity contribution in [1.82, 2.24) is 4.90 Å². The highest BCUT2D eigenvalue weighted by atomic mass is 127. The predicted molar refractivity (Wildman–Crippen MR) is 104 cm³/mol. The number of ether oxygens (including phenoxy) is 1. The second-order valence-corrected chi connectivity index (χ2v) is 5.53. The zero-order valence-corrected chi connectivity index (χ0v) is 16.1. The molecule has 6 nitrogen and oxygen atoms in total. The number of anilines is 1. The number of carbonyl (C=O) groups excluding carboxylic acids is 1. The van der Waals surface area contributed by atoms with Crippen LogP contribution in [-0.4, -0.2) is 49.6 Å². The van der Waals surface area contributed by atoms with Crippen molar-refractivity contribution in [3.05, 3.63) is 28.8 Å². The van der Waals surface area contributed by atoms with Crippen LogP contribution in [0, 0.1) is 6.92 Å². The molecule has 1 heterocycles. The van der Waals surface area contributed by atoms with Crippen molar-refractivity contribution in [1.29, 1.82) is 0 Å². The predicted octanol–water partition coefficient (Wildman–Crippen LogP) is 2.24. The lowest BCUT2D eigenvalue weighted by Gasteiger charge is -2.27. The number of nitrogens with zero attached hydrogens (tertiary/aromatic N) is 2. The number of guanidine groups is 1. The fourth-order valence-electron chi connectivity index (χ4n) is 2.10. The number of hydrogen-bond donors (Lipinski definition) is 2. The Hall–Kier alpha value is -1.06. The third-order valence-electron chi connectivity index (χ3n) is 3.35. The molecular weight excluding hydrogens is 431 g/mol. The second-order valence-electron chi connectivity index (χ2n) is 5.12. The van der Waals surface area contributed by atoms with Gasteiger partial charge >= 0.3 is 0 Å². The number of nitrogens with one attached hydrogen (secondary N) is 1. The molecule has 23 heavy (non-hydrogen) atoms. The lowest BCUT2D eigenvalue weighted by molar-refractivity contribution is -0.116. The minimum atomic E-state index is -0.135. The lowest BCUT2D eigenvalue weighted by atomic mass is 10.2. The first-order chi connectivity index (χ1) is 10.6. The number of amides is 1. The van der Waals surface area contributed by atoms with Gasteiger partial charge in [-0.3, -0.25) is 9.79 Å². The molecule has 3 N–H and O–H groups in total. The van der Waals surface area contributed by atoms with Gasteiger partial charge in [0.15, 0.2) is 5.96 Å². The zero-order chi connectivity index (χ0) is 15.9. The van der Waals surface area contributed by atoms with E-state index < -0.39 is 0 Å². The van der Waals surface area contributed by atoms with Crippen molar-refractivity contribution in [2.75, 3.05) is 38.2 Å². The fourth-order valence-corrected chi connectivity index (χ4v) is 2.38. The van der Waals surface area contributed by atoms with Crippen LogP contribution in [0.5, 0.6) is 0 Å². The van der Waals surface area contributed by atoms with Crippen LogP contribution < -0.4 is 11.1 Å². The molecule has 2 rings (SSSR count). The number of carbonyl (C=O) groups is 1. The summed E-state index contributed by atoms with van der Waals surface area (Å²) in [4.78, 5) is 18.1. The monoisotopic (exact) mass is 452 g/mol. The van der Waals surface area contributed by atoms with Gasteiger partial charge in [0.2, 0.25) is 5.91 Å². The van der Waals surface area contributed by atoms with Crippen LogP contribution in [0.1, 0.15) is 12.0 Å². The molecule has 0 unspecified atom stereocenters. The van der Waals surface area contributed by atoms with Crippen LogP contribution in [-0.2, 0) is 9.53 Å². The van der Waals surface area contributed by atoms with E-state index in [1.165, 1.54) is 0 Å². The van der Waals surface area contributed by atoms with Gasteiger partial charge < -0.3 is 20.7 Å². The number of rotatable bonds is 4. The number of aliphatic imine (C=N–C) groups is 1. The molecule has 0 aliphatic carbocycles. The van der Waals surface area contributed by atoms with Crippen LogP contribution in [0.3, 0.4) is 0 Å². The van der Waals surface area contributed by atoms with Gasteiger partial charge in [0, 0.05) is 19.5 Å². The highest BCUT2D eigenvalue weighted by molar-refractivity contribution is 14.0. The van der Waals surface area contributed by atoms with Crippen molar-refractivity contribution < 1.29 is 9.53 Å². The Labute approximate surface area is 158 Å². The topological polar surface area (TPSA) is 80.0 Å². The van der Waals surface area contributed by atoms with E-state index in [2.05, 4.69) is 10.3 Å². The van der Waals surface area contributed by atoms with E-state index in [9.17, 15) is 4.79 Å². The average molecular weight is 453 g/mol. The van der Waals surface area contributed by atoms with E-state index in [-0.39, 0.29) is 36.3 Å². The smallest absolute Gasteiger partial charge is 0.226 e. The van der Waals surface area contributed by atoms with E-state index in [1.54, 1.807) is 6.07 Å². The van der Waals surface area contributed by atoms with Crippen molar-refractivity contribution in [3.63, 3.8) is 0 Å². The van der Waals surface area contributed by atoms with Crippen LogP contribution in [0.15, 0.2) is 23.2 Å². The molecule has 0 radical (unpaired) electrons. The van der Waals surface area contributed by atoms with E-state index >= 15 is 0 Å². The first-order valence-corrected chi connectivity index (χ1v) is 7.62. The molecule has 1 aliphatic rings. The Balaban J connectivity index is 0.00000264. The maximum absolute atomic E-state index is 11.9. The van der Waals surface area contributed by atoms with Crippen molar-refractivity contribution in [2.45, 2.75) is 13.3 Å². The number of hydrogen-bond acceptors (Lipinski definition) is 3. The SMILES string of the molecule is Cc1ccc(NC(=O)CCN=C(N)N2CCOCC2)c(Cl)c1.I. The van der Waals surface area contributed by atoms with E-state index in [0.717, 1.165) is 18.7 Å². The molecule has 0 saturated carbocycles. The summed E-state index contributed by atoms with van der Waals surface area (Å²) in [5.74, 6) is 0.328. The van der Waals surface area contributed by atoms with Gasteiger partial charge in [0.05, 0.1) is 30.5 Å². The van der Waals surface area contributed by atoms with E-state index in [0.29, 0.717) is 36.4 Å². The number of benzene rings is 1. The van der Waals surface area contributed by atoms with Crippen LogP contribution in [0.4, 0.5) is 5.69 Å². The summed E-state index contributed by atoms with van der Waals surface area (Å²) in [5, 5.41) is 3.31. The first-order valence-electron chi connectivity index (χ1n) is 7.25. The van der Waals surface area contributed by atoms with Gasteiger partial charge in [-0.25, -0.2) is 0 Å². The Bertz CT molecular complexity index is 562. The summed E-state index contributed by atoms with van der Waals surface area (Å²) in [6, 6.07) is 5.50. The largest absolute Gasteiger partial charge is 0.378 e. The normalized spacial score (nSPS) is 15.0. The molecule has 0 aromatic heterocycles. The molecule has 128 valence electrons. The first kappa shape index (κ1) is 20.0. The zero-order valence-electron chi connectivity index (χ0n) is 13.0. The Kier molecular flexibility index (Phi) is 8.64. The molecule has 1 aliphatic heterocycles. The van der Waals surface area contributed by atoms with Crippen LogP contribution in [0.2, 0.25) is 5.02 Å².